The first kappa shape index (κ1) is 18.9. The molecule has 0 saturated carbocycles. The van der Waals surface area contributed by atoms with E-state index in [2.05, 4.69) is 11.8 Å². The maximum absolute atomic E-state index is 12.6. The molecule has 2 atom stereocenters. The lowest BCUT2D eigenvalue weighted by molar-refractivity contribution is -0.131. The van der Waals surface area contributed by atoms with Crippen molar-refractivity contribution in [1.29, 1.82) is 0 Å². The Bertz CT molecular complexity index is 811. The van der Waals surface area contributed by atoms with Crippen LogP contribution >= 0.6 is 0 Å². The Kier molecular flexibility index (Phi) is 5.66. The van der Waals surface area contributed by atoms with Crippen LogP contribution in [0.2, 0.25) is 0 Å². The minimum atomic E-state index is -3.40. The minimum absolute atomic E-state index is 0.0786. The van der Waals surface area contributed by atoms with E-state index in [0.717, 1.165) is 18.4 Å². The third-order valence-corrected chi connectivity index (χ3v) is 7.07. The van der Waals surface area contributed by atoms with Gasteiger partial charge in [0, 0.05) is 51.3 Å². The molecule has 0 aliphatic carbocycles. The van der Waals surface area contributed by atoms with Crippen LogP contribution in [0.5, 0.6) is 0 Å². The average molecular weight is 375 g/mol. The molecular formula is C19H25N3O3S. The lowest BCUT2D eigenvalue weighted by Gasteiger charge is -2.46. The third-order valence-electron chi connectivity index (χ3n) is 5.17. The molecule has 0 bridgehead atoms. The molecule has 0 spiro atoms. The lowest BCUT2D eigenvalue weighted by Crippen LogP contribution is -2.57. The zero-order chi connectivity index (χ0) is 18.7. The van der Waals surface area contributed by atoms with Crippen molar-refractivity contribution in [2.45, 2.75) is 25.3 Å². The van der Waals surface area contributed by atoms with E-state index in [9.17, 15) is 13.2 Å². The molecule has 2 heterocycles. The first-order chi connectivity index (χ1) is 12.4. The van der Waals surface area contributed by atoms with Crippen LogP contribution in [0.3, 0.4) is 0 Å². The van der Waals surface area contributed by atoms with Gasteiger partial charge in [0.2, 0.25) is 0 Å². The summed E-state index contributed by atoms with van der Waals surface area (Å²) >= 11 is 0. The van der Waals surface area contributed by atoms with Gasteiger partial charge < -0.3 is 4.90 Å². The summed E-state index contributed by atoms with van der Waals surface area (Å²) in [6.07, 6.45) is 2.49. The van der Waals surface area contributed by atoms with E-state index < -0.39 is 10.2 Å². The maximum Gasteiger partial charge on any atom is 0.299 e. The van der Waals surface area contributed by atoms with Crippen molar-refractivity contribution in [3.05, 3.63) is 35.9 Å². The van der Waals surface area contributed by atoms with Gasteiger partial charge in [-0.25, -0.2) is 0 Å². The summed E-state index contributed by atoms with van der Waals surface area (Å²) in [5, 5.41) is 0. The largest absolute Gasteiger partial charge is 0.329 e. The van der Waals surface area contributed by atoms with Gasteiger partial charge in [-0.05, 0) is 37.3 Å². The molecule has 2 aliphatic rings. The quantitative estimate of drug-likeness (QED) is 0.729. The standard InChI is InChI=1S/C19H25N3O3S/c1-20(2)26(24,25)21-14-12-18-17(15-21)9-6-13-22(18)19(23)11-10-16-7-4-3-5-8-16/h3-5,7-8,17-18H,6,9,12-15H2,1-2H3/t17-,18+/m1/s1. The van der Waals surface area contributed by atoms with E-state index in [-0.39, 0.29) is 17.9 Å². The number of piperidine rings is 2. The number of amides is 1. The monoisotopic (exact) mass is 375 g/mol. The molecule has 0 unspecified atom stereocenters. The Hall–Kier alpha value is -1.88. The molecule has 3 rings (SSSR count). The molecule has 1 aromatic carbocycles. The molecule has 2 aliphatic heterocycles. The van der Waals surface area contributed by atoms with Crippen LogP contribution in [0.25, 0.3) is 0 Å². The number of fused-ring (bicyclic) bond motifs is 1. The van der Waals surface area contributed by atoms with Crippen LogP contribution in [0.15, 0.2) is 30.3 Å². The molecule has 1 aromatic rings. The van der Waals surface area contributed by atoms with Gasteiger partial charge in [0.15, 0.2) is 0 Å². The molecule has 0 radical (unpaired) electrons. The highest BCUT2D eigenvalue weighted by atomic mass is 32.2. The van der Waals surface area contributed by atoms with Crippen LogP contribution in [0.1, 0.15) is 24.8 Å². The number of likely N-dealkylation sites (tertiary alicyclic amines) is 1. The molecule has 1 amide bonds. The molecule has 0 aromatic heterocycles. The Balaban J connectivity index is 1.71. The van der Waals surface area contributed by atoms with E-state index in [1.807, 2.05) is 35.2 Å². The highest BCUT2D eigenvalue weighted by Gasteiger charge is 2.41. The van der Waals surface area contributed by atoms with E-state index in [1.54, 1.807) is 14.1 Å². The van der Waals surface area contributed by atoms with Crippen molar-refractivity contribution in [3.63, 3.8) is 0 Å². The molecule has 6 nitrogen and oxygen atoms in total. The molecule has 26 heavy (non-hydrogen) atoms. The number of carbonyl (C=O) groups is 1. The maximum atomic E-state index is 12.6. The molecule has 2 saturated heterocycles. The second-order valence-electron chi connectivity index (χ2n) is 7.02. The summed E-state index contributed by atoms with van der Waals surface area (Å²) in [5.74, 6) is 5.71. The number of benzene rings is 1. The van der Waals surface area contributed by atoms with Crippen LogP contribution in [-0.4, -0.2) is 67.6 Å². The summed E-state index contributed by atoms with van der Waals surface area (Å²) in [7, 11) is -0.294. The van der Waals surface area contributed by atoms with Gasteiger partial charge in [0.05, 0.1) is 0 Å². The normalized spacial score (nSPS) is 23.9. The first-order valence-corrected chi connectivity index (χ1v) is 10.3. The second-order valence-corrected chi connectivity index (χ2v) is 9.16. The van der Waals surface area contributed by atoms with Gasteiger partial charge in [-0.1, -0.05) is 24.1 Å². The highest BCUT2D eigenvalue weighted by Crippen LogP contribution is 2.32. The van der Waals surface area contributed by atoms with Gasteiger partial charge in [-0.2, -0.15) is 17.0 Å². The number of rotatable bonds is 2. The van der Waals surface area contributed by atoms with Crippen molar-refractivity contribution in [1.82, 2.24) is 13.5 Å². The summed E-state index contributed by atoms with van der Waals surface area (Å²) in [4.78, 5) is 14.5. The van der Waals surface area contributed by atoms with Gasteiger partial charge in [0.1, 0.15) is 0 Å². The van der Waals surface area contributed by atoms with Crippen molar-refractivity contribution >= 4 is 16.1 Å². The Labute approximate surface area is 156 Å². The van der Waals surface area contributed by atoms with Gasteiger partial charge in [-0.15, -0.1) is 0 Å². The smallest absolute Gasteiger partial charge is 0.299 e. The SMILES string of the molecule is CN(C)S(=O)(=O)N1CC[C@H]2[C@H](CCCN2C(=O)C#Cc2ccccc2)C1. The van der Waals surface area contributed by atoms with Crippen molar-refractivity contribution in [2.75, 3.05) is 33.7 Å². The molecule has 0 N–H and O–H groups in total. The fourth-order valence-corrected chi connectivity index (χ4v) is 4.96. The van der Waals surface area contributed by atoms with Crippen LogP contribution in [0.4, 0.5) is 0 Å². The minimum Gasteiger partial charge on any atom is -0.329 e. The Morgan fingerprint density at radius 3 is 2.58 bits per heavy atom. The topological polar surface area (TPSA) is 60.9 Å². The predicted octanol–water partition coefficient (Wildman–Crippen LogP) is 1.16. The molecule has 140 valence electrons. The number of hydrogen-bond donors (Lipinski definition) is 0. The van der Waals surface area contributed by atoms with Crippen molar-refractivity contribution < 1.29 is 13.2 Å². The van der Waals surface area contributed by atoms with Gasteiger partial charge >= 0.3 is 0 Å². The average Bonchev–Trinajstić information content (AvgIpc) is 2.65. The van der Waals surface area contributed by atoms with E-state index in [0.29, 0.717) is 26.1 Å². The number of hydrogen-bond acceptors (Lipinski definition) is 3. The number of carbonyl (C=O) groups excluding carboxylic acids is 1. The molecule has 7 heteroatoms. The lowest BCUT2D eigenvalue weighted by atomic mass is 9.84. The summed E-state index contributed by atoms with van der Waals surface area (Å²) in [6.45, 7) is 1.61. The fraction of sp³-hybridized carbons (Fsp3) is 0.526. The summed E-state index contributed by atoms with van der Waals surface area (Å²) in [6, 6.07) is 9.54. The number of nitrogens with zero attached hydrogens (tertiary/aromatic N) is 3. The second kappa shape index (κ2) is 7.78. The van der Waals surface area contributed by atoms with Crippen molar-refractivity contribution in [3.8, 4) is 11.8 Å². The van der Waals surface area contributed by atoms with Gasteiger partial charge in [0.25, 0.3) is 16.1 Å². The fourth-order valence-electron chi connectivity index (χ4n) is 3.78. The molecular weight excluding hydrogens is 350 g/mol. The first-order valence-electron chi connectivity index (χ1n) is 8.95. The van der Waals surface area contributed by atoms with Gasteiger partial charge in [-0.3, -0.25) is 4.79 Å². The zero-order valence-electron chi connectivity index (χ0n) is 15.3. The Morgan fingerprint density at radius 1 is 1.15 bits per heavy atom. The van der Waals surface area contributed by atoms with E-state index in [1.165, 1.54) is 8.61 Å². The summed E-state index contributed by atoms with van der Waals surface area (Å²) < 4.78 is 27.6. The van der Waals surface area contributed by atoms with E-state index >= 15 is 0 Å². The van der Waals surface area contributed by atoms with Crippen LogP contribution in [-0.2, 0) is 15.0 Å². The summed E-state index contributed by atoms with van der Waals surface area (Å²) in [5.41, 5.74) is 0.821. The Morgan fingerprint density at radius 2 is 1.88 bits per heavy atom. The van der Waals surface area contributed by atoms with Crippen molar-refractivity contribution in [2.24, 2.45) is 5.92 Å². The van der Waals surface area contributed by atoms with Crippen LogP contribution < -0.4 is 0 Å². The highest BCUT2D eigenvalue weighted by molar-refractivity contribution is 7.86. The zero-order valence-corrected chi connectivity index (χ0v) is 16.1. The third kappa shape index (κ3) is 3.93. The molecule has 2 fully saturated rings. The van der Waals surface area contributed by atoms with E-state index in [4.69, 9.17) is 0 Å². The van der Waals surface area contributed by atoms with Crippen LogP contribution in [0, 0.1) is 17.8 Å². The predicted molar refractivity (Wildman–Crippen MR) is 100 cm³/mol.